The van der Waals surface area contributed by atoms with Crippen molar-refractivity contribution in [2.75, 3.05) is 7.11 Å². The highest BCUT2D eigenvalue weighted by molar-refractivity contribution is 9.10. The van der Waals surface area contributed by atoms with Crippen molar-refractivity contribution in [3.8, 4) is 11.5 Å². The third-order valence-electron chi connectivity index (χ3n) is 2.29. The van der Waals surface area contributed by atoms with Crippen LogP contribution in [0.4, 0.5) is 0 Å². The SMILES string of the molecule is COc1cccc(Br)c1OCc1cccc(Cl)n1. The van der Waals surface area contributed by atoms with E-state index in [0.717, 1.165) is 10.2 Å². The third kappa shape index (κ3) is 3.15. The van der Waals surface area contributed by atoms with Crippen molar-refractivity contribution in [3.63, 3.8) is 0 Å². The van der Waals surface area contributed by atoms with E-state index in [0.29, 0.717) is 23.3 Å². The Morgan fingerprint density at radius 1 is 1.22 bits per heavy atom. The van der Waals surface area contributed by atoms with Crippen LogP contribution in [-0.2, 0) is 6.61 Å². The maximum absolute atomic E-state index is 5.82. The van der Waals surface area contributed by atoms with Gasteiger partial charge in [0.2, 0.25) is 0 Å². The maximum Gasteiger partial charge on any atom is 0.175 e. The lowest BCUT2D eigenvalue weighted by molar-refractivity contribution is 0.279. The average Bonchev–Trinajstić information content (AvgIpc) is 2.37. The molecular weight excluding hydrogens is 318 g/mol. The molecule has 2 aromatic rings. The van der Waals surface area contributed by atoms with E-state index < -0.39 is 0 Å². The average molecular weight is 329 g/mol. The first-order valence-electron chi connectivity index (χ1n) is 5.27. The number of hydrogen-bond donors (Lipinski definition) is 0. The fourth-order valence-electron chi connectivity index (χ4n) is 1.47. The molecule has 1 aromatic carbocycles. The zero-order valence-corrected chi connectivity index (χ0v) is 12.0. The Morgan fingerprint density at radius 3 is 2.72 bits per heavy atom. The fraction of sp³-hybridized carbons (Fsp3) is 0.154. The normalized spacial score (nSPS) is 10.2. The first-order valence-corrected chi connectivity index (χ1v) is 6.44. The lowest BCUT2D eigenvalue weighted by atomic mass is 10.3. The Morgan fingerprint density at radius 2 is 2.00 bits per heavy atom. The summed E-state index contributed by atoms with van der Waals surface area (Å²) in [6, 6.07) is 11.0. The minimum Gasteiger partial charge on any atom is -0.493 e. The second kappa shape index (κ2) is 6.07. The van der Waals surface area contributed by atoms with Crippen LogP contribution >= 0.6 is 27.5 Å². The van der Waals surface area contributed by atoms with Crippen molar-refractivity contribution in [1.82, 2.24) is 4.98 Å². The van der Waals surface area contributed by atoms with Crippen LogP contribution in [0, 0.1) is 0 Å². The van der Waals surface area contributed by atoms with Gasteiger partial charge in [-0.25, -0.2) is 4.98 Å². The molecule has 5 heteroatoms. The Balaban J connectivity index is 2.15. The number of aromatic nitrogens is 1. The molecule has 0 saturated heterocycles. The topological polar surface area (TPSA) is 31.4 Å². The summed E-state index contributed by atoms with van der Waals surface area (Å²) >= 11 is 9.24. The van der Waals surface area contributed by atoms with E-state index in [1.54, 1.807) is 13.2 Å². The number of ether oxygens (including phenoxy) is 2. The zero-order valence-electron chi connectivity index (χ0n) is 9.69. The van der Waals surface area contributed by atoms with Crippen LogP contribution in [0.15, 0.2) is 40.9 Å². The van der Waals surface area contributed by atoms with Crippen molar-refractivity contribution in [2.24, 2.45) is 0 Å². The second-order valence-corrected chi connectivity index (χ2v) is 4.75. The number of para-hydroxylation sites is 1. The zero-order chi connectivity index (χ0) is 13.0. The largest absolute Gasteiger partial charge is 0.493 e. The Labute approximate surface area is 119 Å². The van der Waals surface area contributed by atoms with Crippen molar-refractivity contribution in [1.29, 1.82) is 0 Å². The van der Waals surface area contributed by atoms with Crippen LogP contribution in [0.3, 0.4) is 0 Å². The monoisotopic (exact) mass is 327 g/mol. The molecule has 0 saturated carbocycles. The van der Waals surface area contributed by atoms with Crippen molar-refractivity contribution in [2.45, 2.75) is 6.61 Å². The summed E-state index contributed by atoms with van der Waals surface area (Å²) in [4.78, 5) is 4.16. The Kier molecular flexibility index (Phi) is 4.44. The van der Waals surface area contributed by atoms with Gasteiger partial charge in [-0.3, -0.25) is 0 Å². The minimum absolute atomic E-state index is 0.333. The molecule has 1 aromatic heterocycles. The number of halogens is 2. The molecule has 1 heterocycles. The Bertz CT molecular complexity index is 548. The number of benzene rings is 1. The van der Waals surface area contributed by atoms with Gasteiger partial charge in [-0.15, -0.1) is 0 Å². The number of nitrogens with zero attached hydrogens (tertiary/aromatic N) is 1. The minimum atomic E-state index is 0.333. The molecule has 0 N–H and O–H groups in total. The van der Waals surface area contributed by atoms with Gasteiger partial charge < -0.3 is 9.47 Å². The summed E-state index contributed by atoms with van der Waals surface area (Å²) in [5.74, 6) is 1.33. The molecule has 2 rings (SSSR count). The highest BCUT2D eigenvalue weighted by Gasteiger charge is 2.09. The van der Waals surface area contributed by atoms with E-state index in [4.69, 9.17) is 21.1 Å². The van der Waals surface area contributed by atoms with Gasteiger partial charge in [0, 0.05) is 0 Å². The van der Waals surface area contributed by atoms with Gasteiger partial charge in [-0.1, -0.05) is 23.7 Å². The van der Waals surface area contributed by atoms with E-state index in [1.807, 2.05) is 30.3 Å². The van der Waals surface area contributed by atoms with Gasteiger partial charge in [0.05, 0.1) is 17.3 Å². The fourth-order valence-corrected chi connectivity index (χ4v) is 2.11. The van der Waals surface area contributed by atoms with E-state index in [9.17, 15) is 0 Å². The van der Waals surface area contributed by atoms with Crippen molar-refractivity contribution < 1.29 is 9.47 Å². The van der Waals surface area contributed by atoms with Crippen LogP contribution in [-0.4, -0.2) is 12.1 Å². The predicted molar refractivity (Wildman–Crippen MR) is 74.3 cm³/mol. The molecule has 0 radical (unpaired) electrons. The van der Waals surface area contributed by atoms with E-state index in [1.165, 1.54) is 0 Å². The summed E-state index contributed by atoms with van der Waals surface area (Å²) in [6.07, 6.45) is 0. The van der Waals surface area contributed by atoms with Crippen LogP contribution in [0.25, 0.3) is 0 Å². The van der Waals surface area contributed by atoms with E-state index in [2.05, 4.69) is 20.9 Å². The predicted octanol–water partition coefficient (Wildman–Crippen LogP) is 4.09. The van der Waals surface area contributed by atoms with Crippen LogP contribution in [0.5, 0.6) is 11.5 Å². The standard InChI is InChI=1S/C13H11BrClNO2/c1-17-11-6-3-5-10(14)13(11)18-8-9-4-2-7-12(15)16-9/h2-7H,8H2,1H3. The molecule has 3 nitrogen and oxygen atoms in total. The number of methoxy groups -OCH3 is 1. The molecule has 0 amide bonds. The number of hydrogen-bond acceptors (Lipinski definition) is 3. The molecule has 0 aliphatic carbocycles. The quantitative estimate of drug-likeness (QED) is 0.792. The summed E-state index contributed by atoms with van der Waals surface area (Å²) in [7, 11) is 1.60. The van der Waals surface area contributed by atoms with Crippen molar-refractivity contribution in [3.05, 3.63) is 51.7 Å². The van der Waals surface area contributed by atoms with Gasteiger partial charge in [0.25, 0.3) is 0 Å². The van der Waals surface area contributed by atoms with Gasteiger partial charge >= 0.3 is 0 Å². The lowest BCUT2D eigenvalue weighted by Crippen LogP contribution is -2.00. The number of pyridine rings is 1. The molecule has 0 aliphatic rings. The highest BCUT2D eigenvalue weighted by Crippen LogP contribution is 2.35. The summed E-state index contributed by atoms with van der Waals surface area (Å²) in [6.45, 7) is 0.333. The highest BCUT2D eigenvalue weighted by atomic mass is 79.9. The molecule has 0 spiro atoms. The van der Waals surface area contributed by atoms with E-state index in [-0.39, 0.29) is 0 Å². The first-order chi connectivity index (χ1) is 8.70. The molecule has 0 fully saturated rings. The maximum atomic E-state index is 5.82. The molecular formula is C13H11BrClNO2. The smallest absolute Gasteiger partial charge is 0.175 e. The second-order valence-electron chi connectivity index (χ2n) is 3.51. The van der Waals surface area contributed by atoms with Gasteiger partial charge in [-0.05, 0) is 40.2 Å². The van der Waals surface area contributed by atoms with Crippen molar-refractivity contribution >= 4 is 27.5 Å². The van der Waals surface area contributed by atoms with Crippen LogP contribution in [0.2, 0.25) is 5.15 Å². The van der Waals surface area contributed by atoms with Crippen LogP contribution < -0.4 is 9.47 Å². The van der Waals surface area contributed by atoms with Gasteiger partial charge in [-0.2, -0.15) is 0 Å². The summed E-state index contributed by atoms with van der Waals surface area (Å²) in [5.41, 5.74) is 0.764. The third-order valence-corrected chi connectivity index (χ3v) is 3.12. The van der Waals surface area contributed by atoms with E-state index >= 15 is 0 Å². The molecule has 0 bridgehead atoms. The molecule has 0 atom stereocenters. The Hall–Kier alpha value is -1.26. The number of rotatable bonds is 4. The molecule has 18 heavy (non-hydrogen) atoms. The molecule has 0 aliphatic heterocycles. The first kappa shape index (κ1) is 13.2. The lowest BCUT2D eigenvalue weighted by Gasteiger charge is -2.11. The molecule has 0 unspecified atom stereocenters. The molecule has 94 valence electrons. The summed E-state index contributed by atoms with van der Waals surface area (Å²) < 4.78 is 11.8. The summed E-state index contributed by atoms with van der Waals surface area (Å²) in [5, 5.41) is 0.454. The van der Waals surface area contributed by atoms with Gasteiger partial charge in [0.15, 0.2) is 11.5 Å². The van der Waals surface area contributed by atoms with Gasteiger partial charge in [0.1, 0.15) is 11.8 Å². The van der Waals surface area contributed by atoms with Crippen LogP contribution in [0.1, 0.15) is 5.69 Å².